The Morgan fingerprint density at radius 3 is 2.59 bits per heavy atom. The Morgan fingerprint density at radius 2 is 1.86 bits per heavy atom. The molecule has 1 aromatic carbocycles. The van der Waals surface area contributed by atoms with Gasteiger partial charge in [-0.05, 0) is 42.6 Å². The van der Waals surface area contributed by atoms with E-state index in [0.29, 0.717) is 0 Å². The van der Waals surface area contributed by atoms with Crippen molar-refractivity contribution in [3.63, 3.8) is 0 Å². The molecule has 0 aromatic heterocycles. The summed E-state index contributed by atoms with van der Waals surface area (Å²) in [6, 6.07) is 6.75. The third kappa shape index (κ3) is 3.04. The van der Waals surface area contributed by atoms with Crippen LogP contribution in [0.3, 0.4) is 0 Å². The molecule has 3 aliphatic rings. The first kappa shape index (κ1) is 14.9. The zero-order chi connectivity index (χ0) is 14.9. The van der Waals surface area contributed by atoms with E-state index < -0.39 is 0 Å². The van der Waals surface area contributed by atoms with Crippen LogP contribution in [0.2, 0.25) is 0 Å². The Hall–Kier alpha value is -0.620. The number of fused-ring (bicyclic) bond motifs is 1. The summed E-state index contributed by atoms with van der Waals surface area (Å²) in [4.78, 5) is 5.12. The van der Waals surface area contributed by atoms with Crippen molar-refractivity contribution in [3.8, 4) is 0 Å². The molecule has 3 saturated heterocycles. The number of anilines is 1. The zero-order valence-corrected chi connectivity index (χ0v) is 14.5. The van der Waals surface area contributed by atoms with E-state index in [1.807, 2.05) is 0 Å². The second-order valence-corrected chi connectivity index (χ2v) is 7.66. The summed E-state index contributed by atoms with van der Waals surface area (Å²) < 4.78 is 6.67. The standard InChI is InChI=1S/C17H24BrN3O/c18-16-2-1-13(17(7-16)21-3-5-22-6-4-21)10-20-11-14-8-19-9-15(14)12-20/h1-2,7,14-15,19H,3-6,8-12H2/t14-,15+. The van der Waals surface area contributed by atoms with Crippen molar-refractivity contribution in [1.82, 2.24) is 10.2 Å². The lowest BCUT2D eigenvalue weighted by Crippen LogP contribution is -2.37. The predicted octanol–water partition coefficient (Wildman–Crippen LogP) is 1.94. The van der Waals surface area contributed by atoms with E-state index in [-0.39, 0.29) is 0 Å². The first-order valence-electron chi connectivity index (χ1n) is 8.34. The second-order valence-electron chi connectivity index (χ2n) is 6.74. The first-order valence-corrected chi connectivity index (χ1v) is 9.13. The maximum atomic E-state index is 5.50. The van der Waals surface area contributed by atoms with Crippen LogP contribution < -0.4 is 10.2 Å². The second kappa shape index (κ2) is 6.48. The van der Waals surface area contributed by atoms with Gasteiger partial charge in [0, 0.05) is 42.9 Å². The van der Waals surface area contributed by atoms with Crippen molar-refractivity contribution in [3.05, 3.63) is 28.2 Å². The zero-order valence-electron chi connectivity index (χ0n) is 12.9. The summed E-state index contributed by atoms with van der Waals surface area (Å²) in [5, 5.41) is 3.52. The molecule has 5 heteroatoms. The minimum atomic E-state index is 0.839. The summed E-state index contributed by atoms with van der Waals surface area (Å²) in [7, 11) is 0. The molecule has 120 valence electrons. The third-order valence-corrected chi connectivity index (χ3v) is 5.75. The van der Waals surface area contributed by atoms with Crippen LogP contribution >= 0.6 is 15.9 Å². The van der Waals surface area contributed by atoms with Gasteiger partial charge in [0.1, 0.15) is 0 Å². The van der Waals surface area contributed by atoms with Gasteiger partial charge in [-0.15, -0.1) is 0 Å². The Balaban J connectivity index is 1.51. The molecular weight excluding hydrogens is 342 g/mol. The van der Waals surface area contributed by atoms with Crippen LogP contribution in [0.1, 0.15) is 5.56 Å². The molecule has 0 saturated carbocycles. The highest BCUT2D eigenvalue weighted by Crippen LogP contribution is 2.31. The van der Waals surface area contributed by atoms with E-state index >= 15 is 0 Å². The number of nitrogens with one attached hydrogen (secondary N) is 1. The lowest BCUT2D eigenvalue weighted by Gasteiger charge is -2.31. The molecule has 22 heavy (non-hydrogen) atoms. The van der Waals surface area contributed by atoms with Gasteiger partial charge in [0.2, 0.25) is 0 Å². The van der Waals surface area contributed by atoms with Gasteiger partial charge in [0.15, 0.2) is 0 Å². The highest BCUT2D eigenvalue weighted by atomic mass is 79.9. The monoisotopic (exact) mass is 365 g/mol. The molecule has 3 aliphatic heterocycles. The number of morpholine rings is 1. The summed E-state index contributed by atoms with van der Waals surface area (Å²) >= 11 is 3.64. The molecule has 0 radical (unpaired) electrons. The van der Waals surface area contributed by atoms with Gasteiger partial charge < -0.3 is 15.0 Å². The fourth-order valence-corrected chi connectivity index (χ4v) is 4.44. The van der Waals surface area contributed by atoms with Crippen LogP contribution in [0.25, 0.3) is 0 Å². The van der Waals surface area contributed by atoms with E-state index in [1.165, 1.54) is 41.9 Å². The summed E-state index contributed by atoms with van der Waals surface area (Å²) in [5.74, 6) is 1.73. The Morgan fingerprint density at radius 1 is 1.14 bits per heavy atom. The third-order valence-electron chi connectivity index (χ3n) is 5.26. The topological polar surface area (TPSA) is 27.7 Å². The van der Waals surface area contributed by atoms with Gasteiger partial charge in [-0.2, -0.15) is 0 Å². The Bertz CT molecular complexity index is 521. The van der Waals surface area contributed by atoms with Crippen LogP contribution in [0.5, 0.6) is 0 Å². The molecule has 4 nitrogen and oxygen atoms in total. The van der Waals surface area contributed by atoms with Crippen LogP contribution in [0.4, 0.5) is 5.69 Å². The maximum Gasteiger partial charge on any atom is 0.0642 e. The first-order chi connectivity index (χ1) is 10.8. The van der Waals surface area contributed by atoms with E-state index in [2.05, 4.69) is 49.2 Å². The summed E-state index contributed by atoms with van der Waals surface area (Å²) in [6.45, 7) is 9.66. The molecule has 3 fully saturated rings. The van der Waals surface area contributed by atoms with E-state index in [9.17, 15) is 0 Å². The van der Waals surface area contributed by atoms with Crippen LogP contribution in [-0.4, -0.2) is 57.4 Å². The Kier molecular flexibility index (Phi) is 4.40. The van der Waals surface area contributed by atoms with Crippen LogP contribution in [0.15, 0.2) is 22.7 Å². The number of halogens is 1. The average molecular weight is 366 g/mol. The molecule has 1 N–H and O–H groups in total. The van der Waals surface area contributed by atoms with Crippen molar-refractivity contribution >= 4 is 21.6 Å². The summed E-state index contributed by atoms with van der Waals surface area (Å²) in [5.41, 5.74) is 2.84. The number of ether oxygens (including phenoxy) is 1. The van der Waals surface area contributed by atoms with Crippen molar-refractivity contribution in [2.45, 2.75) is 6.54 Å². The number of nitrogens with zero attached hydrogens (tertiary/aromatic N) is 2. The van der Waals surface area contributed by atoms with Crippen molar-refractivity contribution in [2.24, 2.45) is 11.8 Å². The largest absolute Gasteiger partial charge is 0.378 e. The van der Waals surface area contributed by atoms with E-state index in [1.54, 1.807) is 0 Å². The van der Waals surface area contributed by atoms with E-state index in [4.69, 9.17) is 4.74 Å². The smallest absolute Gasteiger partial charge is 0.0642 e. The predicted molar refractivity (Wildman–Crippen MR) is 92.3 cm³/mol. The van der Waals surface area contributed by atoms with Crippen molar-refractivity contribution < 1.29 is 4.74 Å². The molecule has 3 heterocycles. The van der Waals surface area contributed by atoms with Crippen LogP contribution in [-0.2, 0) is 11.3 Å². The van der Waals surface area contributed by atoms with Crippen LogP contribution in [0, 0.1) is 11.8 Å². The quantitative estimate of drug-likeness (QED) is 0.885. The maximum absolute atomic E-state index is 5.50. The van der Waals surface area contributed by atoms with Gasteiger partial charge in [0.25, 0.3) is 0 Å². The normalized spacial score (nSPS) is 29.0. The highest BCUT2D eigenvalue weighted by Gasteiger charge is 2.36. The van der Waals surface area contributed by atoms with Gasteiger partial charge in [-0.3, -0.25) is 4.90 Å². The molecule has 0 amide bonds. The van der Waals surface area contributed by atoms with Gasteiger partial charge in [0.05, 0.1) is 13.2 Å². The molecule has 1 aromatic rings. The Labute approximate surface area is 140 Å². The lowest BCUT2D eigenvalue weighted by atomic mass is 10.0. The highest BCUT2D eigenvalue weighted by molar-refractivity contribution is 9.10. The minimum Gasteiger partial charge on any atom is -0.378 e. The number of likely N-dealkylation sites (tertiary alicyclic amines) is 1. The van der Waals surface area contributed by atoms with Gasteiger partial charge >= 0.3 is 0 Å². The molecule has 0 aliphatic carbocycles. The fourth-order valence-electron chi connectivity index (χ4n) is 4.09. The fraction of sp³-hybridized carbons (Fsp3) is 0.647. The SMILES string of the molecule is Brc1ccc(CN2C[C@H]3CNC[C@H]3C2)c(N2CCOCC2)c1. The molecule has 2 atom stereocenters. The summed E-state index contributed by atoms with van der Waals surface area (Å²) in [6.07, 6.45) is 0. The molecule has 0 spiro atoms. The van der Waals surface area contributed by atoms with Crippen molar-refractivity contribution in [1.29, 1.82) is 0 Å². The average Bonchev–Trinajstić information content (AvgIpc) is 3.11. The lowest BCUT2D eigenvalue weighted by molar-refractivity contribution is 0.122. The van der Waals surface area contributed by atoms with Gasteiger partial charge in [-0.1, -0.05) is 22.0 Å². The molecule has 0 bridgehead atoms. The van der Waals surface area contributed by atoms with E-state index in [0.717, 1.165) is 44.7 Å². The minimum absolute atomic E-state index is 0.839. The number of hydrogen-bond donors (Lipinski definition) is 1. The molecular formula is C17H24BrN3O. The number of benzene rings is 1. The van der Waals surface area contributed by atoms with Crippen molar-refractivity contribution in [2.75, 3.05) is 57.4 Å². The number of hydrogen-bond acceptors (Lipinski definition) is 4. The number of rotatable bonds is 3. The molecule has 4 rings (SSSR count). The molecule has 0 unspecified atom stereocenters. The van der Waals surface area contributed by atoms with Gasteiger partial charge in [-0.25, -0.2) is 0 Å².